The maximum Gasteiger partial charge on any atom is 0.417 e. The number of carbonyl (C=O) groups excluding carboxylic acids is 2. The summed E-state index contributed by atoms with van der Waals surface area (Å²) in [6.45, 7) is 0.537. The Kier molecular flexibility index (Phi) is 6.48. The van der Waals surface area contributed by atoms with Crippen LogP contribution in [-0.2, 0) is 20.5 Å². The van der Waals surface area contributed by atoms with Crippen LogP contribution in [0.5, 0.6) is 0 Å². The topological polar surface area (TPSA) is 71.5 Å². The largest absolute Gasteiger partial charge is 0.455 e. The predicted molar refractivity (Wildman–Crippen MR) is 118 cm³/mol. The highest BCUT2D eigenvalue weighted by atomic mass is 19.4. The molecule has 0 unspecified atom stereocenters. The number of rotatable bonds is 5. The molecule has 1 aliphatic rings. The number of benzene rings is 2. The smallest absolute Gasteiger partial charge is 0.417 e. The van der Waals surface area contributed by atoms with E-state index in [0.29, 0.717) is 37.4 Å². The Bertz CT molecular complexity index is 1140. The summed E-state index contributed by atoms with van der Waals surface area (Å²) >= 11 is 0. The quantitative estimate of drug-likeness (QED) is 0.565. The van der Waals surface area contributed by atoms with Crippen LogP contribution in [0.2, 0.25) is 0 Å². The number of carbonyl (C=O) groups is 2. The molecule has 1 saturated heterocycles. The van der Waals surface area contributed by atoms with Crippen molar-refractivity contribution in [2.45, 2.75) is 19.0 Å². The molecule has 0 aliphatic carbocycles. The Balaban J connectivity index is 1.23. The van der Waals surface area contributed by atoms with Crippen LogP contribution < -0.4 is 10.2 Å². The molecule has 1 N–H and O–H groups in total. The minimum absolute atomic E-state index is 0.371. The standard InChI is InChI=1S/C24H22F3N3O3/c25-24(26,27)19-6-8-21(28-14-19)30-11-9-17(10-12-30)23(32)33-15-22(31)29-20-7-5-16-3-1-2-4-18(16)13-20/h1-8,13-14,17H,9-12,15H2,(H,29,31). The summed E-state index contributed by atoms with van der Waals surface area (Å²) < 4.78 is 43.2. The average Bonchev–Trinajstić information content (AvgIpc) is 2.82. The fourth-order valence-electron chi connectivity index (χ4n) is 3.80. The lowest BCUT2D eigenvalue weighted by Gasteiger charge is -2.31. The third-order valence-electron chi connectivity index (χ3n) is 5.61. The van der Waals surface area contributed by atoms with Gasteiger partial charge in [0, 0.05) is 25.0 Å². The number of nitrogens with zero attached hydrogens (tertiary/aromatic N) is 2. The number of anilines is 2. The van der Waals surface area contributed by atoms with E-state index in [1.807, 2.05) is 41.3 Å². The molecule has 2 aromatic carbocycles. The third kappa shape index (κ3) is 5.60. The van der Waals surface area contributed by atoms with E-state index in [-0.39, 0.29) is 12.5 Å². The van der Waals surface area contributed by atoms with Crippen molar-refractivity contribution < 1.29 is 27.5 Å². The summed E-state index contributed by atoms with van der Waals surface area (Å²) in [5.74, 6) is -0.817. The van der Waals surface area contributed by atoms with Crippen molar-refractivity contribution in [1.82, 2.24) is 4.98 Å². The Morgan fingerprint density at radius 1 is 1.03 bits per heavy atom. The second kappa shape index (κ2) is 9.48. The van der Waals surface area contributed by atoms with Crippen LogP contribution in [0.25, 0.3) is 10.8 Å². The number of fused-ring (bicyclic) bond motifs is 1. The van der Waals surface area contributed by atoms with E-state index in [0.717, 1.165) is 23.0 Å². The first-order valence-corrected chi connectivity index (χ1v) is 10.5. The second-order valence-electron chi connectivity index (χ2n) is 7.88. The molecule has 0 spiro atoms. The molecule has 33 heavy (non-hydrogen) atoms. The lowest BCUT2D eigenvalue weighted by molar-refractivity contribution is -0.152. The van der Waals surface area contributed by atoms with E-state index >= 15 is 0 Å². The van der Waals surface area contributed by atoms with Gasteiger partial charge in [-0.25, -0.2) is 4.98 Å². The van der Waals surface area contributed by atoms with Gasteiger partial charge in [0.25, 0.3) is 5.91 Å². The molecule has 3 aromatic rings. The maximum absolute atomic E-state index is 12.7. The Morgan fingerprint density at radius 3 is 2.42 bits per heavy atom. The lowest BCUT2D eigenvalue weighted by atomic mass is 9.97. The number of nitrogens with one attached hydrogen (secondary N) is 1. The number of esters is 1. The van der Waals surface area contributed by atoms with Gasteiger partial charge in [-0.2, -0.15) is 13.2 Å². The number of halogens is 3. The van der Waals surface area contributed by atoms with Crippen molar-refractivity contribution in [2.24, 2.45) is 5.92 Å². The van der Waals surface area contributed by atoms with E-state index < -0.39 is 23.6 Å². The van der Waals surface area contributed by atoms with Gasteiger partial charge in [0.05, 0.1) is 11.5 Å². The van der Waals surface area contributed by atoms with Crippen LogP contribution in [-0.4, -0.2) is 36.6 Å². The number of aromatic nitrogens is 1. The Morgan fingerprint density at radius 2 is 1.76 bits per heavy atom. The van der Waals surface area contributed by atoms with Crippen molar-refractivity contribution in [2.75, 3.05) is 29.9 Å². The average molecular weight is 457 g/mol. The minimum atomic E-state index is -4.43. The first kappa shape index (κ1) is 22.6. The molecule has 0 saturated carbocycles. The summed E-state index contributed by atoms with van der Waals surface area (Å²) in [5.41, 5.74) is -0.182. The van der Waals surface area contributed by atoms with Crippen molar-refractivity contribution in [1.29, 1.82) is 0 Å². The van der Waals surface area contributed by atoms with Gasteiger partial charge < -0.3 is 15.0 Å². The van der Waals surface area contributed by atoms with E-state index in [4.69, 9.17) is 4.74 Å². The van der Waals surface area contributed by atoms with E-state index in [1.165, 1.54) is 6.07 Å². The molecule has 6 nitrogen and oxygen atoms in total. The molecular weight excluding hydrogens is 435 g/mol. The van der Waals surface area contributed by atoms with E-state index in [1.54, 1.807) is 6.07 Å². The van der Waals surface area contributed by atoms with Crippen molar-refractivity contribution in [3.63, 3.8) is 0 Å². The third-order valence-corrected chi connectivity index (χ3v) is 5.61. The minimum Gasteiger partial charge on any atom is -0.455 e. The highest BCUT2D eigenvalue weighted by Gasteiger charge is 2.31. The molecule has 2 heterocycles. The number of alkyl halides is 3. The molecule has 172 valence electrons. The van der Waals surface area contributed by atoms with Gasteiger partial charge in [-0.15, -0.1) is 0 Å². The number of hydrogen-bond donors (Lipinski definition) is 1. The normalized spacial score (nSPS) is 14.8. The summed E-state index contributed by atoms with van der Waals surface area (Å²) in [4.78, 5) is 30.3. The number of pyridine rings is 1. The predicted octanol–water partition coefficient (Wildman–Crippen LogP) is 4.65. The van der Waals surface area contributed by atoms with Crippen molar-refractivity contribution in [3.05, 3.63) is 66.4 Å². The van der Waals surface area contributed by atoms with Crippen LogP contribution in [0, 0.1) is 5.92 Å². The molecule has 0 atom stereocenters. The molecule has 0 bridgehead atoms. The van der Waals surface area contributed by atoms with Gasteiger partial charge >= 0.3 is 12.1 Å². The number of amides is 1. The summed E-state index contributed by atoms with van der Waals surface area (Å²) in [6, 6.07) is 15.6. The first-order valence-electron chi connectivity index (χ1n) is 10.5. The highest BCUT2D eigenvalue weighted by Crippen LogP contribution is 2.30. The van der Waals surface area contributed by atoms with Gasteiger partial charge in [0.1, 0.15) is 5.82 Å². The highest BCUT2D eigenvalue weighted by molar-refractivity contribution is 5.95. The first-order chi connectivity index (χ1) is 15.8. The summed E-state index contributed by atoms with van der Waals surface area (Å²) in [6.07, 6.45) is -2.69. The molecule has 4 rings (SSSR count). The molecular formula is C24H22F3N3O3. The fraction of sp³-hybridized carbons (Fsp3) is 0.292. The van der Waals surface area contributed by atoms with Crippen molar-refractivity contribution in [3.8, 4) is 0 Å². The van der Waals surface area contributed by atoms with Crippen LogP contribution >= 0.6 is 0 Å². The van der Waals surface area contributed by atoms with Gasteiger partial charge in [-0.05, 0) is 47.9 Å². The number of hydrogen-bond acceptors (Lipinski definition) is 5. The zero-order valence-corrected chi connectivity index (χ0v) is 17.6. The maximum atomic E-state index is 12.7. The molecule has 9 heteroatoms. The molecule has 0 radical (unpaired) electrons. The van der Waals surface area contributed by atoms with Gasteiger partial charge in [-0.1, -0.05) is 30.3 Å². The fourth-order valence-corrected chi connectivity index (χ4v) is 3.80. The van der Waals surface area contributed by atoms with E-state index in [2.05, 4.69) is 10.3 Å². The monoisotopic (exact) mass is 457 g/mol. The van der Waals surface area contributed by atoms with Gasteiger partial charge in [0.15, 0.2) is 6.61 Å². The molecule has 1 amide bonds. The summed E-state index contributed by atoms with van der Waals surface area (Å²) in [5, 5.41) is 4.77. The van der Waals surface area contributed by atoms with Crippen LogP contribution in [0.4, 0.5) is 24.7 Å². The second-order valence-corrected chi connectivity index (χ2v) is 7.88. The molecule has 1 aromatic heterocycles. The zero-order chi connectivity index (χ0) is 23.4. The van der Waals surface area contributed by atoms with E-state index in [9.17, 15) is 22.8 Å². The number of piperidine rings is 1. The summed E-state index contributed by atoms with van der Waals surface area (Å²) in [7, 11) is 0. The number of ether oxygens (including phenoxy) is 1. The SMILES string of the molecule is O=C(COC(=O)C1CCN(c2ccc(C(F)(F)F)cn2)CC1)Nc1ccc2ccccc2c1. The van der Waals surface area contributed by atoms with Crippen molar-refractivity contribution >= 4 is 34.2 Å². The lowest BCUT2D eigenvalue weighted by Crippen LogP contribution is -2.38. The molecule has 1 aliphatic heterocycles. The Hall–Kier alpha value is -3.62. The van der Waals surface area contributed by atoms with Crippen LogP contribution in [0.1, 0.15) is 18.4 Å². The van der Waals surface area contributed by atoms with Crippen LogP contribution in [0.15, 0.2) is 60.8 Å². The zero-order valence-electron chi connectivity index (χ0n) is 17.6. The Labute approximate surface area is 188 Å². The molecule has 1 fully saturated rings. The van der Waals surface area contributed by atoms with Gasteiger partial charge in [0.2, 0.25) is 0 Å². The van der Waals surface area contributed by atoms with Crippen LogP contribution in [0.3, 0.4) is 0 Å². The van der Waals surface area contributed by atoms with Gasteiger partial charge in [-0.3, -0.25) is 9.59 Å².